The molecule has 14 heavy (non-hydrogen) atoms. The molecular weight excluding hydrogens is 178 g/mol. The van der Waals surface area contributed by atoms with Gasteiger partial charge < -0.3 is 10.1 Å². The van der Waals surface area contributed by atoms with Crippen molar-refractivity contribution in [2.75, 3.05) is 0 Å². The third-order valence-electron chi connectivity index (χ3n) is 2.81. The minimum Gasteiger partial charge on any atom is -0.436 e. The number of alkyl carbamates (subject to hydrolysis) is 1. The highest BCUT2D eigenvalue weighted by atomic mass is 16.6. The van der Waals surface area contributed by atoms with Crippen LogP contribution in [0.5, 0.6) is 0 Å². The molecule has 1 fully saturated rings. The predicted octanol–water partition coefficient (Wildman–Crippen LogP) is 2.03. The lowest BCUT2D eigenvalue weighted by atomic mass is 9.90. The highest BCUT2D eigenvalue weighted by Gasteiger charge is 2.43. The lowest BCUT2D eigenvalue weighted by Crippen LogP contribution is -2.36. The summed E-state index contributed by atoms with van der Waals surface area (Å²) >= 11 is 0. The Hall–Kier alpha value is -1.51. The Morgan fingerprint density at radius 2 is 2.00 bits per heavy atom. The molecule has 0 spiro atoms. The molecular formula is C11H13NO2. The van der Waals surface area contributed by atoms with Gasteiger partial charge in [0.1, 0.15) is 0 Å². The van der Waals surface area contributed by atoms with Crippen molar-refractivity contribution in [1.29, 1.82) is 0 Å². The molecule has 74 valence electrons. The number of rotatable bonds is 1. The van der Waals surface area contributed by atoms with Gasteiger partial charge in [0.2, 0.25) is 0 Å². The van der Waals surface area contributed by atoms with Crippen molar-refractivity contribution in [3.8, 4) is 0 Å². The molecule has 1 N–H and O–H groups in total. The van der Waals surface area contributed by atoms with Crippen molar-refractivity contribution in [2.24, 2.45) is 0 Å². The minimum absolute atomic E-state index is 0.00241. The zero-order chi connectivity index (χ0) is 10.2. The number of nitrogens with one attached hydrogen (secondary N) is 1. The quantitative estimate of drug-likeness (QED) is 0.737. The molecule has 1 aromatic carbocycles. The molecule has 0 bridgehead atoms. The Kier molecular flexibility index (Phi) is 1.95. The van der Waals surface area contributed by atoms with Crippen LogP contribution >= 0.6 is 0 Å². The van der Waals surface area contributed by atoms with E-state index in [2.05, 4.69) is 5.32 Å². The summed E-state index contributed by atoms with van der Waals surface area (Å²) in [6.07, 6.45) is -0.344. The summed E-state index contributed by atoms with van der Waals surface area (Å²) in [6.45, 7) is 3.86. The molecule has 0 unspecified atom stereocenters. The van der Waals surface area contributed by atoms with E-state index in [4.69, 9.17) is 4.74 Å². The zero-order valence-corrected chi connectivity index (χ0v) is 8.28. The highest BCUT2D eigenvalue weighted by molar-refractivity contribution is 5.71. The van der Waals surface area contributed by atoms with Crippen LogP contribution in [0.1, 0.15) is 19.4 Å². The van der Waals surface area contributed by atoms with Crippen molar-refractivity contribution in [3.63, 3.8) is 0 Å². The number of benzene rings is 1. The average molecular weight is 191 g/mol. The minimum atomic E-state index is -0.543. The topological polar surface area (TPSA) is 38.3 Å². The van der Waals surface area contributed by atoms with Crippen LogP contribution in [0.3, 0.4) is 0 Å². The molecule has 1 heterocycles. The van der Waals surface area contributed by atoms with Crippen LogP contribution in [0.2, 0.25) is 0 Å². The fourth-order valence-electron chi connectivity index (χ4n) is 1.70. The van der Waals surface area contributed by atoms with Crippen LogP contribution < -0.4 is 5.32 Å². The third-order valence-corrected chi connectivity index (χ3v) is 2.81. The highest BCUT2D eigenvalue weighted by Crippen LogP contribution is 2.32. The third kappa shape index (κ3) is 1.25. The molecule has 2 atom stereocenters. The molecule has 1 aliphatic heterocycles. The molecule has 0 radical (unpaired) electrons. The second kappa shape index (κ2) is 3.01. The molecule has 0 aromatic heterocycles. The first-order valence-corrected chi connectivity index (χ1v) is 4.68. The lowest BCUT2D eigenvalue weighted by molar-refractivity contribution is 0.0533. The number of carbonyl (C=O) groups is 1. The molecule has 2 rings (SSSR count). The fraction of sp³-hybridized carbons (Fsp3) is 0.364. The van der Waals surface area contributed by atoms with Gasteiger partial charge in [-0.1, -0.05) is 30.3 Å². The first-order chi connectivity index (χ1) is 6.63. The fourth-order valence-corrected chi connectivity index (χ4v) is 1.70. The maximum Gasteiger partial charge on any atom is 0.408 e. The Labute approximate surface area is 83.1 Å². The Morgan fingerprint density at radius 3 is 2.50 bits per heavy atom. The summed E-state index contributed by atoms with van der Waals surface area (Å²) in [5.74, 6) is 0. The summed E-state index contributed by atoms with van der Waals surface area (Å²) in [5.41, 5.74) is 0.476. The molecule has 3 nitrogen and oxygen atoms in total. The number of carbonyl (C=O) groups excluding carboxylic acids is 1. The van der Waals surface area contributed by atoms with Crippen molar-refractivity contribution in [2.45, 2.75) is 25.5 Å². The van der Waals surface area contributed by atoms with Gasteiger partial charge in [0.15, 0.2) is 5.60 Å². The predicted molar refractivity (Wildman–Crippen MR) is 52.9 cm³/mol. The normalized spacial score (nSPS) is 31.0. The molecule has 0 aliphatic carbocycles. The molecule has 1 saturated heterocycles. The Morgan fingerprint density at radius 1 is 1.36 bits per heavy atom. The van der Waals surface area contributed by atoms with Crippen molar-refractivity contribution < 1.29 is 9.53 Å². The smallest absolute Gasteiger partial charge is 0.408 e. The standard InChI is InChI=1S/C11H13NO2/c1-8-11(2,14-10(13)12-8)9-6-4-3-5-7-9/h3-8H,1-2H3,(H,12,13)/t8-,11-/m1/s1. The van der Waals surface area contributed by atoms with E-state index in [0.29, 0.717) is 0 Å². The van der Waals surface area contributed by atoms with Crippen molar-refractivity contribution in [1.82, 2.24) is 5.32 Å². The van der Waals surface area contributed by atoms with Gasteiger partial charge in [-0.05, 0) is 19.4 Å². The molecule has 0 saturated carbocycles. The molecule has 3 heteroatoms. The number of ether oxygens (including phenoxy) is 1. The lowest BCUT2D eigenvalue weighted by Gasteiger charge is -2.26. The summed E-state index contributed by atoms with van der Waals surface area (Å²) in [5, 5.41) is 2.74. The van der Waals surface area contributed by atoms with Gasteiger partial charge in [-0.25, -0.2) is 4.79 Å². The Bertz CT molecular complexity index is 350. The van der Waals surface area contributed by atoms with Gasteiger partial charge >= 0.3 is 6.09 Å². The first-order valence-electron chi connectivity index (χ1n) is 4.68. The van der Waals surface area contributed by atoms with Gasteiger partial charge in [-0.15, -0.1) is 0 Å². The number of cyclic esters (lactones) is 1. The van der Waals surface area contributed by atoms with Gasteiger partial charge in [0, 0.05) is 0 Å². The van der Waals surface area contributed by atoms with Crippen LogP contribution in [-0.4, -0.2) is 12.1 Å². The van der Waals surface area contributed by atoms with Gasteiger partial charge in [0.05, 0.1) is 6.04 Å². The summed E-state index contributed by atoms with van der Waals surface area (Å²) in [6, 6.07) is 9.77. The van der Waals surface area contributed by atoms with Crippen LogP contribution in [-0.2, 0) is 10.3 Å². The van der Waals surface area contributed by atoms with E-state index in [1.54, 1.807) is 0 Å². The van der Waals surface area contributed by atoms with E-state index in [0.717, 1.165) is 5.56 Å². The average Bonchev–Trinajstić information content (AvgIpc) is 2.43. The molecule has 1 aromatic rings. The van der Waals surface area contributed by atoms with Crippen molar-refractivity contribution in [3.05, 3.63) is 35.9 Å². The van der Waals surface area contributed by atoms with E-state index < -0.39 is 5.60 Å². The largest absolute Gasteiger partial charge is 0.436 e. The number of hydrogen-bond acceptors (Lipinski definition) is 2. The second-order valence-corrected chi connectivity index (χ2v) is 3.73. The van der Waals surface area contributed by atoms with Gasteiger partial charge in [-0.3, -0.25) is 0 Å². The molecule has 1 aliphatic rings. The monoisotopic (exact) mass is 191 g/mol. The van der Waals surface area contributed by atoms with Crippen LogP contribution in [0, 0.1) is 0 Å². The maximum absolute atomic E-state index is 11.1. The Balaban J connectivity index is 2.38. The zero-order valence-electron chi connectivity index (χ0n) is 8.28. The maximum atomic E-state index is 11.1. The van der Waals surface area contributed by atoms with Crippen LogP contribution in [0.4, 0.5) is 4.79 Å². The van der Waals surface area contributed by atoms with E-state index in [9.17, 15) is 4.79 Å². The van der Waals surface area contributed by atoms with Crippen LogP contribution in [0.25, 0.3) is 0 Å². The summed E-state index contributed by atoms with van der Waals surface area (Å²) in [7, 11) is 0. The van der Waals surface area contributed by atoms with E-state index >= 15 is 0 Å². The van der Waals surface area contributed by atoms with E-state index in [-0.39, 0.29) is 12.1 Å². The first kappa shape index (κ1) is 9.06. The molecule has 1 amide bonds. The van der Waals surface area contributed by atoms with Gasteiger partial charge in [-0.2, -0.15) is 0 Å². The van der Waals surface area contributed by atoms with E-state index in [1.165, 1.54) is 0 Å². The van der Waals surface area contributed by atoms with E-state index in [1.807, 2.05) is 44.2 Å². The van der Waals surface area contributed by atoms with Crippen molar-refractivity contribution >= 4 is 6.09 Å². The number of amides is 1. The summed E-state index contributed by atoms with van der Waals surface area (Å²) in [4.78, 5) is 11.1. The second-order valence-electron chi connectivity index (χ2n) is 3.73. The van der Waals surface area contributed by atoms with Gasteiger partial charge in [0.25, 0.3) is 0 Å². The van der Waals surface area contributed by atoms with Crippen LogP contribution in [0.15, 0.2) is 30.3 Å². The number of hydrogen-bond donors (Lipinski definition) is 1. The SMILES string of the molecule is C[C@H]1NC(=O)O[C@@]1(C)c1ccccc1. The summed E-state index contributed by atoms with van der Waals surface area (Å²) < 4.78 is 5.30.